The number of hydrogen-bond acceptors (Lipinski definition) is 3. The van der Waals surface area contributed by atoms with Crippen LogP contribution in [0.15, 0.2) is 24.3 Å². The number of hydrogen-bond donors (Lipinski definition) is 1. The average Bonchev–Trinajstić information content (AvgIpc) is 2.86. The second-order valence-corrected chi connectivity index (χ2v) is 5.78. The summed E-state index contributed by atoms with van der Waals surface area (Å²) in [5, 5.41) is 3.17. The lowest BCUT2D eigenvalue weighted by molar-refractivity contribution is -0.0809. The van der Waals surface area contributed by atoms with Crippen LogP contribution in [0.3, 0.4) is 0 Å². The molecule has 0 radical (unpaired) electrons. The van der Waals surface area contributed by atoms with Crippen LogP contribution in [-0.4, -0.2) is 38.4 Å². The molecule has 3 rings (SSSR count). The van der Waals surface area contributed by atoms with Crippen LogP contribution in [-0.2, 0) is 9.47 Å². The summed E-state index contributed by atoms with van der Waals surface area (Å²) in [6, 6.07) is 7.86. The summed E-state index contributed by atoms with van der Waals surface area (Å²) in [4.78, 5) is 12.3. The average molecular weight is 275 g/mol. The first kappa shape index (κ1) is 13.6. The number of benzene rings is 1. The molecule has 1 N–H and O–H groups in total. The van der Waals surface area contributed by atoms with Crippen molar-refractivity contribution in [3.8, 4) is 0 Å². The van der Waals surface area contributed by atoms with E-state index in [4.69, 9.17) is 9.47 Å². The summed E-state index contributed by atoms with van der Waals surface area (Å²) >= 11 is 0. The van der Waals surface area contributed by atoms with Gasteiger partial charge in [0, 0.05) is 37.2 Å². The number of carbonyl (C=O) groups excluding carboxylic acids is 1. The van der Waals surface area contributed by atoms with Crippen molar-refractivity contribution < 1.29 is 14.3 Å². The molecule has 1 saturated heterocycles. The molecular weight excluding hydrogens is 254 g/mol. The molecule has 4 nitrogen and oxygen atoms in total. The Hall–Kier alpha value is -1.39. The van der Waals surface area contributed by atoms with Crippen molar-refractivity contribution in [1.29, 1.82) is 0 Å². The zero-order chi connectivity index (χ0) is 14.1. The summed E-state index contributed by atoms with van der Waals surface area (Å²) in [6.45, 7) is 3.43. The van der Waals surface area contributed by atoms with Crippen LogP contribution in [0.1, 0.15) is 22.3 Å². The first-order valence-electron chi connectivity index (χ1n) is 7.19. The predicted octanol–water partition coefficient (Wildman–Crippen LogP) is 1.77. The molecule has 1 aliphatic heterocycles. The lowest BCUT2D eigenvalue weighted by atomic mass is 9.67. The Bertz CT molecular complexity index is 502. The Morgan fingerprint density at radius 1 is 1.50 bits per heavy atom. The van der Waals surface area contributed by atoms with Crippen molar-refractivity contribution in [2.75, 3.05) is 20.3 Å². The maximum absolute atomic E-state index is 12.3. The molecule has 108 valence electrons. The molecule has 2 fully saturated rings. The second-order valence-electron chi connectivity index (χ2n) is 5.78. The molecule has 0 spiro atoms. The number of nitrogens with one attached hydrogen (secondary N) is 1. The minimum atomic E-state index is 0.00477. The Morgan fingerprint density at radius 2 is 2.35 bits per heavy atom. The minimum absolute atomic E-state index is 0.00477. The number of carbonyl (C=O) groups is 1. The highest BCUT2D eigenvalue weighted by Crippen LogP contribution is 2.43. The predicted molar refractivity (Wildman–Crippen MR) is 75.6 cm³/mol. The molecule has 1 aromatic carbocycles. The van der Waals surface area contributed by atoms with Gasteiger partial charge >= 0.3 is 0 Å². The zero-order valence-electron chi connectivity index (χ0n) is 12.0. The molecule has 4 atom stereocenters. The lowest BCUT2D eigenvalue weighted by Gasteiger charge is -2.47. The molecule has 4 heteroatoms. The zero-order valence-corrected chi connectivity index (χ0v) is 12.0. The summed E-state index contributed by atoms with van der Waals surface area (Å²) in [5.41, 5.74) is 1.82. The molecule has 20 heavy (non-hydrogen) atoms. The van der Waals surface area contributed by atoms with Crippen LogP contribution >= 0.6 is 0 Å². The molecule has 1 amide bonds. The molecule has 1 aromatic rings. The third-order valence-corrected chi connectivity index (χ3v) is 4.47. The molecule has 0 unspecified atom stereocenters. The van der Waals surface area contributed by atoms with E-state index >= 15 is 0 Å². The first-order chi connectivity index (χ1) is 9.70. The number of methoxy groups -OCH3 is 1. The fraction of sp³-hybridized carbons (Fsp3) is 0.562. The van der Waals surface area contributed by atoms with E-state index in [1.54, 1.807) is 7.11 Å². The largest absolute Gasteiger partial charge is 0.384 e. The van der Waals surface area contributed by atoms with Crippen LogP contribution in [0.2, 0.25) is 0 Å². The van der Waals surface area contributed by atoms with E-state index < -0.39 is 0 Å². The number of aryl methyl sites for hydroxylation is 1. The first-order valence-corrected chi connectivity index (χ1v) is 7.19. The minimum Gasteiger partial charge on any atom is -0.384 e. The monoisotopic (exact) mass is 275 g/mol. The van der Waals surface area contributed by atoms with E-state index in [1.165, 1.54) is 0 Å². The van der Waals surface area contributed by atoms with Crippen molar-refractivity contribution in [2.45, 2.75) is 25.5 Å². The number of rotatable bonds is 4. The SMILES string of the molecule is COC[C@@H]1[C@H](NC(=O)c2cccc(C)c2)[C@H]2CCO[C@H]21. The van der Waals surface area contributed by atoms with Gasteiger partial charge < -0.3 is 14.8 Å². The fourth-order valence-electron chi connectivity index (χ4n) is 3.46. The van der Waals surface area contributed by atoms with Crippen molar-refractivity contribution in [2.24, 2.45) is 11.8 Å². The number of amides is 1. The van der Waals surface area contributed by atoms with Gasteiger partial charge in [-0.25, -0.2) is 0 Å². The van der Waals surface area contributed by atoms with Crippen LogP contribution < -0.4 is 5.32 Å². The smallest absolute Gasteiger partial charge is 0.251 e. The van der Waals surface area contributed by atoms with E-state index in [1.807, 2.05) is 31.2 Å². The van der Waals surface area contributed by atoms with E-state index in [2.05, 4.69) is 5.32 Å². The summed E-state index contributed by atoms with van der Waals surface area (Å²) in [5.74, 6) is 0.732. The van der Waals surface area contributed by atoms with Gasteiger partial charge in [-0.05, 0) is 25.5 Å². The Balaban J connectivity index is 1.68. The van der Waals surface area contributed by atoms with Gasteiger partial charge in [-0.15, -0.1) is 0 Å². The highest BCUT2D eigenvalue weighted by atomic mass is 16.5. The Kier molecular flexibility index (Phi) is 3.76. The number of fused-ring (bicyclic) bond motifs is 1. The lowest BCUT2D eigenvalue weighted by Crippen LogP contribution is -2.62. The van der Waals surface area contributed by atoms with Gasteiger partial charge in [0.2, 0.25) is 0 Å². The van der Waals surface area contributed by atoms with Crippen molar-refractivity contribution in [1.82, 2.24) is 5.32 Å². The van der Waals surface area contributed by atoms with Crippen LogP contribution in [0.25, 0.3) is 0 Å². The molecular formula is C16H21NO3. The molecule has 0 bridgehead atoms. The van der Waals surface area contributed by atoms with Crippen molar-refractivity contribution >= 4 is 5.91 Å². The van der Waals surface area contributed by atoms with Gasteiger partial charge in [0.15, 0.2) is 0 Å². The second kappa shape index (κ2) is 5.54. The molecule has 1 aliphatic carbocycles. The summed E-state index contributed by atoms with van der Waals surface area (Å²) in [7, 11) is 1.70. The maximum atomic E-state index is 12.3. The Morgan fingerprint density at radius 3 is 3.10 bits per heavy atom. The Labute approximate surface area is 119 Å². The normalized spacial score (nSPS) is 31.5. The van der Waals surface area contributed by atoms with E-state index in [0.717, 1.165) is 24.2 Å². The highest BCUT2D eigenvalue weighted by Gasteiger charge is 2.54. The summed E-state index contributed by atoms with van der Waals surface area (Å²) in [6.07, 6.45) is 1.29. The van der Waals surface area contributed by atoms with E-state index in [-0.39, 0.29) is 24.0 Å². The molecule has 1 heterocycles. The van der Waals surface area contributed by atoms with E-state index in [0.29, 0.717) is 12.5 Å². The topological polar surface area (TPSA) is 47.6 Å². The van der Waals surface area contributed by atoms with Crippen LogP contribution in [0.5, 0.6) is 0 Å². The van der Waals surface area contributed by atoms with Gasteiger partial charge in [0.05, 0.1) is 12.7 Å². The quantitative estimate of drug-likeness (QED) is 0.911. The van der Waals surface area contributed by atoms with E-state index in [9.17, 15) is 4.79 Å². The molecule has 1 saturated carbocycles. The van der Waals surface area contributed by atoms with Crippen molar-refractivity contribution in [3.05, 3.63) is 35.4 Å². The number of ether oxygens (including phenoxy) is 2. The summed E-state index contributed by atoms with van der Waals surface area (Å²) < 4.78 is 11.0. The fourth-order valence-corrected chi connectivity index (χ4v) is 3.46. The van der Waals surface area contributed by atoms with Crippen molar-refractivity contribution in [3.63, 3.8) is 0 Å². The third-order valence-electron chi connectivity index (χ3n) is 4.47. The van der Waals surface area contributed by atoms with Gasteiger partial charge in [-0.1, -0.05) is 17.7 Å². The van der Waals surface area contributed by atoms with Gasteiger partial charge in [0.25, 0.3) is 5.91 Å². The van der Waals surface area contributed by atoms with Gasteiger partial charge in [-0.2, -0.15) is 0 Å². The van der Waals surface area contributed by atoms with Gasteiger partial charge in [0.1, 0.15) is 0 Å². The standard InChI is InChI=1S/C16H21NO3/c1-10-4-3-5-11(8-10)16(18)17-14-12-6-7-20-15(12)13(14)9-19-2/h3-5,8,12-15H,6-7,9H2,1-2H3,(H,17,18)/t12-,13-,14-,15-/m1/s1. The maximum Gasteiger partial charge on any atom is 0.251 e. The van der Waals surface area contributed by atoms with Crippen LogP contribution in [0, 0.1) is 18.8 Å². The van der Waals surface area contributed by atoms with Crippen LogP contribution in [0.4, 0.5) is 0 Å². The third kappa shape index (κ3) is 2.34. The molecule has 0 aromatic heterocycles. The highest BCUT2D eigenvalue weighted by molar-refractivity contribution is 5.94. The molecule has 2 aliphatic rings. The van der Waals surface area contributed by atoms with Gasteiger partial charge in [-0.3, -0.25) is 4.79 Å².